The minimum atomic E-state index is -0.0207. The van der Waals surface area contributed by atoms with Crippen molar-refractivity contribution in [1.29, 1.82) is 0 Å². The Bertz CT molecular complexity index is 959. The van der Waals surface area contributed by atoms with E-state index in [1.54, 1.807) is 33.3 Å². The summed E-state index contributed by atoms with van der Waals surface area (Å²) in [6.07, 6.45) is 5.38. The van der Waals surface area contributed by atoms with Gasteiger partial charge in [-0.05, 0) is 39.3 Å². The number of aryl methyl sites for hydroxylation is 2. The Morgan fingerprint density at radius 3 is 2.74 bits per heavy atom. The molecule has 0 saturated heterocycles. The Kier molecular flexibility index (Phi) is 5.70. The number of carbonyl (C=O) groups excluding carboxylic acids is 1. The van der Waals surface area contributed by atoms with Gasteiger partial charge in [0, 0.05) is 35.1 Å². The summed E-state index contributed by atoms with van der Waals surface area (Å²) in [5, 5.41) is 4.38. The number of thiophene rings is 1. The number of aromatic nitrogens is 4. The van der Waals surface area contributed by atoms with E-state index in [-0.39, 0.29) is 5.91 Å². The number of unbranched alkanes of at least 4 members (excludes halogenated alkanes) is 1. The monoisotopic (exact) mass is 383 g/mol. The molecule has 0 aliphatic heterocycles. The van der Waals surface area contributed by atoms with Crippen LogP contribution < -0.4 is 0 Å². The molecule has 3 aromatic rings. The maximum atomic E-state index is 12.7. The van der Waals surface area contributed by atoms with Crippen LogP contribution in [-0.4, -0.2) is 44.1 Å². The van der Waals surface area contributed by atoms with Crippen molar-refractivity contribution >= 4 is 17.2 Å². The summed E-state index contributed by atoms with van der Waals surface area (Å²) < 4.78 is 1.64. The van der Waals surface area contributed by atoms with Crippen LogP contribution in [0.1, 0.15) is 45.6 Å². The molecule has 3 heterocycles. The zero-order valence-electron chi connectivity index (χ0n) is 16.5. The standard InChI is InChI=1S/C20H25N5OS/c1-6-7-10-24(5)19(26)17-12-22-25(14(17)3)20-21-9-8-18(23-20)16-11-13(2)27-15(16)4/h8-9,11-12H,6-7,10H2,1-5H3. The maximum Gasteiger partial charge on any atom is 0.257 e. The summed E-state index contributed by atoms with van der Waals surface area (Å²) in [5.74, 6) is 0.455. The van der Waals surface area contributed by atoms with Gasteiger partial charge in [0.05, 0.1) is 23.1 Å². The highest BCUT2D eigenvalue weighted by Gasteiger charge is 2.20. The molecule has 0 N–H and O–H groups in total. The van der Waals surface area contributed by atoms with Crippen molar-refractivity contribution in [3.8, 4) is 17.2 Å². The zero-order valence-corrected chi connectivity index (χ0v) is 17.3. The first-order chi connectivity index (χ1) is 12.9. The quantitative estimate of drug-likeness (QED) is 0.640. The Balaban J connectivity index is 1.92. The molecule has 27 heavy (non-hydrogen) atoms. The van der Waals surface area contributed by atoms with Crippen molar-refractivity contribution in [3.05, 3.63) is 45.5 Å². The van der Waals surface area contributed by atoms with Gasteiger partial charge in [-0.3, -0.25) is 4.79 Å². The Morgan fingerprint density at radius 2 is 2.07 bits per heavy atom. The Hall–Kier alpha value is -2.54. The summed E-state index contributed by atoms with van der Waals surface area (Å²) in [6.45, 7) is 8.92. The number of nitrogens with zero attached hydrogens (tertiary/aromatic N) is 5. The minimum absolute atomic E-state index is 0.0207. The van der Waals surface area contributed by atoms with Crippen molar-refractivity contribution in [1.82, 2.24) is 24.6 Å². The van der Waals surface area contributed by atoms with Crippen molar-refractivity contribution < 1.29 is 4.79 Å². The second-order valence-corrected chi connectivity index (χ2v) is 8.16. The third-order valence-electron chi connectivity index (χ3n) is 4.58. The molecule has 0 saturated carbocycles. The lowest BCUT2D eigenvalue weighted by molar-refractivity contribution is 0.0792. The normalized spacial score (nSPS) is 11.0. The van der Waals surface area contributed by atoms with Crippen LogP contribution in [0.5, 0.6) is 0 Å². The Morgan fingerprint density at radius 1 is 1.30 bits per heavy atom. The van der Waals surface area contributed by atoms with Crippen LogP contribution in [0.4, 0.5) is 0 Å². The van der Waals surface area contributed by atoms with E-state index in [1.807, 2.05) is 20.0 Å². The Labute approximate surface area is 163 Å². The van der Waals surface area contributed by atoms with Gasteiger partial charge >= 0.3 is 0 Å². The van der Waals surface area contributed by atoms with E-state index in [1.165, 1.54) is 9.75 Å². The largest absolute Gasteiger partial charge is 0.342 e. The maximum absolute atomic E-state index is 12.7. The summed E-state index contributed by atoms with van der Waals surface area (Å²) in [5.41, 5.74) is 3.31. The summed E-state index contributed by atoms with van der Waals surface area (Å²) in [6, 6.07) is 4.04. The SMILES string of the molecule is CCCCN(C)C(=O)c1cnn(-c2nccc(-c3cc(C)sc3C)n2)c1C. The molecule has 0 unspecified atom stereocenters. The van der Waals surface area contributed by atoms with Crippen LogP contribution in [0.25, 0.3) is 17.2 Å². The average Bonchev–Trinajstić information content (AvgIpc) is 3.20. The molecule has 7 heteroatoms. The summed E-state index contributed by atoms with van der Waals surface area (Å²) >= 11 is 1.75. The van der Waals surface area contributed by atoms with E-state index in [9.17, 15) is 4.79 Å². The third kappa shape index (κ3) is 3.93. The topological polar surface area (TPSA) is 63.9 Å². The number of rotatable bonds is 6. The third-order valence-corrected chi connectivity index (χ3v) is 5.55. The molecule has 0 aliphatic carbocycles. The van der Waals surface area contributed by atoms with E-state index in [0.29, 0.717) is 11.5 Å². The molecule has 0 aliphatic rings. The van der Waals surface area contributed by atoms with Gasteiger partial charge in [0.25, 0.3) is 11.9 Å². The van der Waals surface area contributed by atoms with Crippen LogP contribution in [0.2, 0.25) is 0 Å². The molecule has 0 spiro atoms. The smallest absolute Gasteiger partial charge is 0.257 e. The van der Waals surface area contributed by atoms with Gasteiger partial charge in [-0.25, -0.2) is 14.6 Å². The van der Waals surface area contributed by atoms with Crippen LogP contribution in [0.3, 0.4) is 0 Å². The second-order valence-electron chi connectivity index (χ2n) is 6.70. The highest BCUT2D eigenvalue weighted by atomic mass is 32.1. The summed E-state index contributed by atoms with van der Waals surface area (Å²) in [7, 11) is 1.83. The highest BCUT2D eigenvalue weighted by molar-refractivity contribution is 7.12. The molecule has 3 rings (SSSR count). The molecule has 0 atom stereocenters. The van der Waals surface area contributed by atoms with Crippen LogP contribution >= 0.6 is 11.3 Å². The van der Waals surface area contributed by atoms with Crippen LogP contribution in [0, 0.1) is 20.8 Å². The molecular weight excluding hydrogens is 358 g/mol. The lowest BCUT2D eigenvalue weighted by Gasteiger charge is -2.16. The van der Waals surface area contributed by atoms with Gasteiger partial charge in [-0.1, -0.05) is 13.3 Å². The number of hydrogen-bond acceptors (Lipinski definition) is 5. The molecule has 0 radical (unpaired) electrons. The van der Waals surface area contributed by atoms with Crippen molar-refractivity contribution in [2.24, 2.45) is 0 Å². The van der Waals surface area contributed by atoms with E-state index < -0.39 is 0 Å². The van der Waals surface area contributed by atoms with E-state index in [0.717, 1.165) is 36.3 Å². The molecule has 142 valence electrons. The van der Waals surface area contributed by atoms with E-state index in [2.05, 4.69) is 41.9 Å². The first-order valence-corrected chi connectivity index (χ1v) is 9.95. The molecule has 3 aromatic heterocycles. The molecule has 1 amide bonds. The number of hydrogen-bond donors (Lipinski definition) is 0. The second kappa shape index (κ2) is 8.00. The van der Waals surface area contributed by atoms with Gasteiger partial charge in [0.2, 0.25) is 0 Å². The van der Waals surface area contributed by atoms with E-state index >= 15 is 0 Å². The number of carbonyl (C=O) groups is 1. The van der Waals surface area contributed by atoms with Gasteiger partial charge in [0.1, 0.15) is 0 Å². The molecule has 0 fully saturated rings. The van der Waals surface area contributed by atoms with Crippen molar-refractivity contribution in [2.45, 2.75) is 40.5 Å². The van der Waals surface area contributed by atoms with Gasteiger partial charge in [-0.2, -0.15) is 5.10 Å². The number of amides is 1. The predicted molar refractivity (Wildman–Crippen MR) is 109 cm³/mol. The summed E-state index contributed by atoms with van der Waals surface area (Å²) in [4.78, 5) is 26.0. The minimum Gasteiger partial charge on any atom is -0.342 e. The average molecular weight is 384 g/mol. The first kappa shape index (κ1) is 19.2. The molecule has 0 aromatic carbocycles. The van der Waals surface area contributed by atoms with Crippen molar-refractivity contribution in [2.75, 3.05) is 13.6 Å². The first-order valence-electron chi connectivity index (χ1n) is 9.13. The van der Waals surface area contributed by atoms with Crippen LogP contribution in [0.15, 0.2) is 24.5 Å². The lowest BCUT2D eigenvalue weighted by Crippen LogP contribution is -2.28. The highest BCUT2D eigenvalue weighted by Crippen LogP contribution is 2.29. The van der Waals surface area contributed by atoms with Gasteiger partial charge in [0.15, 0.2) is 0 Å². The fourth-order valence-corrected chi connectivity index (χ4v) is 3.94. The fourth-order valence-electron chi connectivity index (χ4n) is 3.01. The molecule has 6 nitrogen and oxygen atoms in total. The van der Waals surface area contributed by atoms with Crippen LogP contribution in [-0.2, 0) is 0 Å². The zero-order chi connectivity index (χ0) is 19.6. The van der Waals surface area contributed by atoms with E-state index in [4.69, 9.17) is 0 Å². The predicted octanol–water partition coefficient (Wildman–Crippen LogP) is 4.19. The lowest BCUT2D eigenvalue weighted by atomic mass is 10.2. The van der Waals surface area contributed by atoms with Gasteiger partial charge in [-0.15, -0.1) is 11.3 Å². The molecule has 0 bridgehead atoms. The van der Waals surface area contributed by atoms with Gasteiger partial charge < -0.3 is 4.90 Å². The van der Waals surface area contributed by atoms with Crippen molar-refractivity contribution in [3.63, 3.8) is 0 Å². The molecular formula is C20H25N5OS. The fraction of sp³-hybridized carbons (Fsp3) is 0.400.